The van der Waals surface area contributed by atoms with E-state index in [1.54, 1.807) is 0 Å². The molecule has 0 aliphatic rings. The molecule has 0 bridgehead atoms. The molecule has 0 aromatic rings. The molecule has 0 saturated carbocycles. The number of aliphatic hydroxyl groups is 1. The standard InChI is InChI=1S/C8H17NO3/c10-7-2-1-5-9-6-3-4-8(11)12/h9-10H,1-7H2,(H,11,12). The Hall–Kier alpha value is -0.610. The Balaban J connectivity index is 2.86. The van der Waals surface area contributed by atoms with Gasteiger partial charge in [-0.3, -0.25) is 4.79 Å². The van der Waals surface area contributed by atoms with Gasteiger partial charge in [0.15, 0.2) is 0 Å². The van der Waals surface area contributed by atoms with Gasteiger partial charge in [-0.05, 0) is 32.4 Å². The second kappa shape index (κ2) is 8.49. The first-order chi connectivity index (χ1) is 5.77. The van der Waals surface area contributed by atoms with Crippen molar-refractivity contribution in [3.8, 4) is 0 Å². The summed E-state index contributed by atoms with van der Waals surface area (Å²) in [5.41, 5.74) is 0. The van der Waals surface area contributed by atoms with Crippen molar-refractivity contribution in [2.75, 3.05) is 19.7 Å². The average molecular weight is 175 g/mol. The van der Waals surface area contributed by atoms with E-state index in [0.29, 0.717) is 6.42 Å². The van der Waals surface area contributed by atoms with E-state index < -0.39 is 5.97 Å². The average Bonchev–Trinajstić information content (AvgIpc) is 2.02. The molecule has 0 atom stereocenters. The molecule has 0 fully saturated rings. The van der Waals surface area contributed by atoms with Gasteiger partial charge in [0.2, 0.25) is 0 Å². The molecule has 4 nitrogen and oxygen atoms in total. The molecule has 0 heterocycles. The zero-order chi connectivity index (χ0) is 9.23. The maximum absolute atomic E-state index is 10.1. The minimum Gasteiger partial charge on any atom is -0.481 e. The fourth-order valence-corrected chi connectivity index (χ4v) is 0.851. The van der Waals surface area contributed by atoms with Gasteiger partial charge in [0.25, 0.3) is 0 Å². The topological polar surface area (TPSA) is 69.6 Å². The van der Waals surface area contributed by atoms with Gasteiger partial charge in [-0.1, -0.05) is 0 Å². The van der Waals surface area contributed by atoms with E-state index in [-0.39, 0.29) is 13.0 Å². The van der Waals surface area contributed by atoms with Gasteiger partial charge in [-0.25, -0.2) is 0 Å². The molecule has 0 rings (SSSR count). The van der Waals surface area contributed by atoms with Gasteiger partial charge >= 0.3 is 5.97 Å². The summed E-state index contributed by atoms with van der Waals surface area (Å²) in [5, 5.41) is 19.8. The van der Waals surface area contributed by atoms with Crippen LogP contribution in [0.2, 0.25) is 0 Å². The summed E-state index contributed by atoms with van der Waals surface area (Å²) in [5.74, 6) is -0.743. The van der Waals surface area contributed by atoms with Crippen LogP contribution in [-0.2, 0) is 4.79 Å². The number of aliphatic hydroxyl groups excluding tert-OH is 1. The van der Waals surface area contributed by atoms with Crippen molar-refractivity contribution in [2.45, 2.75) is 25.7 Å². The van der Waals surface area contributed by atoms with Crippen LogP contribution < -0.4 is 5.32 Å². The van der Waals surface area contributed by atoms with E-state index in [1.165, 1.54) is 0 Å². The predicted octanol–water partition coefficient (Wildman–Crippen LogP) is 0.213. The fraction of sp³-hybridized carbons (Fsp3) is 0.875. The van der Waals surface area contributed by atoms with Gasteiger partial charge in [-0.15, -0.1) is 0 Å². The highest BCUT2D eigenvalue weighted by Crippen LogP contribution is 1.87. The normalized spacial score (nSPS) is 10.1. The number of carboxylic acid groups (broad SMARTS) is 1. The van der Waals surface area contributed by atoms with Gasteiger partial charge in [-0.2, -0.15) is 0 Å². The second-order valence-corrected chi connectivity index (χ2v) is 2.68. The maximum Gasteiger partial charge on any atom is 0.303 e. The van der Waals surface area contributed by atoms with Crippen molar-refractivity contribution in [1.82, 2.24) is 5.32 Å². The minimum absolute atomic E-state index is 0.229. The molecule has 0 aromatic carbocycles. The molecule has 0 aromatic heterocycles. The zero-order valence-corrected chi connectivity index (χ0v) is 7.25. The number of carboxylic acids is 1. The predicted molar refractivity (Wildman–Crippen MR) is 46.1 cm³/mol. The summed E-state index contributed by atoms with van der Waals surface area (Å²) in [6.07, 6.45) is 2.66. The van der Waals surface area contributed by atoms with E-state index in [2.05, 4.69) is 5.32 Å². The zero-order valence-electron chi connectivity index (χ0n) is 7.25. The Labute approximate surface area is 72.6 Å². The molecule has 0 radical (unpaired) electrons. The van der Waals surface area contributed by atoms with Crippen molar-refractivity contribution in [2.24, 2.45) is 0 Å². The largest absolute Gasteiger partial charge is 0.481 e. The van der Waals surface area contributed by atoms with Gasteiger partial charge < -0.3 is 15.5 Å². The molecule has 0 aliphatic carbocycles. The summed E-state index contributed by atoms with van der Waals surface area (Å²) in [4.78, 5) is 10.1. The minimum atomic E-state index is -0.743. The van der Waals surface area contributed by atoms with Crippen LogP contribution in [0.3, 0.4) is 0 Å². The number of nitrogens with one attached hydrogen (secondary N) is 1. The lowest BCUT2D eigenvalue weighted by Crippen LogP contribution is -2.17. The molecular weight excluding hydrogens is 158 g/mol. The van der Waals surface area contributed by atoms with Gasteiger partial charge in [0, 0.05) is 13.0 Å². The lowest BCUT2D eigenvalue weighted by molar-refractivity contribution is -0.137. The van der Waals surface area contributed by atoms with Crippen molar-refractivity contribution >= 4 is 5.97 Å². The van der Waals surface area contributed by atoms with Crippen molar-refractivity contribution in [3.05, 3.63) is 0 Å². The summed E-state index contributed by atoms with van der Waals surface area (Å²) in [7, 11) is 0. The van der Waals surface area contributed by atoms with Crippen molar-refractivity contribution in [3.63, 3.8) is 0 Å². The summed E-state index contributed by atoms with van der Waals surface area (Å²) in [6, 6.07) is 0. The SMILES string of the molecule is O=C(O)CCCNCCCCO. The highest BCUT2D eigenvalue weighted by molar-refractivity contribution is 5.66. The fourth-order valence-electron chi connectivity index (χ4n) is 0.851. The molecule has 0 aliphatic heterocycles. The smallest absolute Gasteiger partial charge is 0.303 e. The van der Waals surface area contributed by atoms with Gasteiger partial charge in [0.1, 0.15) is 0 Å². The molecule has 4 heteroatoms. The van der Waals surface area contributed by atoms with Crippen LogP contribution in [0.1, 0.15) is 25.7 Å². The third kappa shape index (κ3) is 9.39. The highest BCUT2D eigenvalue weighted by atomic mass is 16.4. The number of unbranched alkanes of at least 4 members (excludes halogenated alkanes) is 1. The van der Waals surface area contributed by atoms with E-state index >= 15 is 0 Å². The quantitative estimate of drug-likeness (QED) is 0.461. The van der Waals surface area contributed by atoms with Crippen LogP contribution in [-0.4, -0.2) is 35.9 Å². The van der Waals surface area contributed by atoms with E-state index in [4.69, 9.17) is 10.2 Å². The highest BCUT2D eigenvalue weighted by Gasteiger charge is 1.94. The summed E-state index contributed by atoms with van der Waals surface area (Å²) in [6.45, 7) is 1.84. The molecule has 3 N–H and O–H groups in total. The Kier molecular flexibility index (Phi) is 8.05. The molecule has 0 saturated heterocycles. The first-order valence-corrected chi connectivity index (χ1v) is 4.30. The maximum atomic E-state index is 10.1. The number of hydrogen-bond acceptors (Lipinski definition) is 3. The first kappa shape index (κ1) is 11.4. The molecule has 0 spiro atoms. The van der Waals surface area contributed by atoms with E-state index in [9.17, 15) is 4.79 Å². The number of aliphatic carboxylic acids is 1. The van der Waals surface area contributed by atoms with Crippen LogP contribution >= 0.6 is 0 Å². The Morgan fingerprint density at radius 1 is 1.17 bits per heavy atom. The van der Waals surface area contributed by atoms with Crippen molar-refractivity contribution < 1.29 is 15.0 Å². The molecule has 72 valence electrons. The Bertz CT molecular complexity index is 117. The number of rotatable bonds is 8. The van der Waals surface area contributed by atoms with Crippen LogP contribution in [0.25, 0.3) is 0 Å². The number of hydrogen-bond donors (Lipinski definition) is 3. The molecule has 12 heavy (non-hydrogen) atoms. The lowest BCUT2D eigenvalue weighted by Gasteiger charge is -2.01. The van der Waals surface area contributed by atoms with Gasteiger partial charge in [0.05, 0.1) is 0 Å². The van der Waals surface area contributed by atoms with E-state index in [0.717, 1.165) is 25.9 Å². The van der Waals surface area contributed by atoms with Crippen LogP contribution in [0, 0.1) is 0 Å². The first-order valence-electron chi connectivity index (χ1n) is 4.30. The summed E-state index contributed by atoms with van der Waals surface area (Å²) >= 11 is 0. The van der Waals surface area contributed by atoms with Crippen LogP contribution in [0.15, 0.2) is 0 Å². The number of carbonyl (C=O) groups is 1. The third-order valence-corrected chi connectivity index (χ3v) is 1.51. The lowest BCUT2D eigenvalue weighted by atomic mass is 10.3. The van der Waals surface area contributed by atoms with E-state index in [1.807, 2.05) is 0 Å². The molecular formula is C8H17NO3. The second-order valence-electron chi connectivity index (χ2n) is 2.68. The van der Waals surface area contributed by atoms with Crippen LogP contribution in [0.5, 0.6) is 0 Å². The van der Waals surface area contributed by atoms with Crippen molar-refractivity contribution in [1.29, 1.82) is 0 Å². The molecule has 0 unspecified atom stereocenters. The monoisotopic (exact) mass is 175 g/mol. The Morgan fingerprint density at radius 2 is 1.83 bits per heavy atom. The molecule has 0 amide bonds. The summed E-state index contributed by atoms with van der Waals surface area (Å²) < 4.78 is 0. The third-order valence-electron chi connectivity index (χ3n) is 1.51. The Morgan fingerprint density at radius 3 is 2.42 bits per heavy atom. The van der Waals surface area contributed by atoms with Crippen LogP contribution in [0.4, 0.5) is 0 Å².